The molecule has 0 saturated heterocycles. The van der Waals surface area contributed by atoms with Crippen LogP contribution >= 0.6 is 11.8 Å². The van der Waals surface area contributed by atoms with Crippen LogP contribution in [0.3, 0.4) is 0 Å². The van der Waals surface area contributed by atoms with E-state index in [1.807, 2.05) is 17.3 Å². The van der Waals surface area contributed by atoms with E-state index in [-0.39, 0.29) is 0 Å². The highest BCUT2D eigenvalue weighted by Gasteiger charge is 2.58. The Morgan fingerprint density at radius 2 is 2.70 bits per heavy atom. The van der Waals surface area contributed by atoms with Crippen LogP contribution in [-0.2, 0) is 0 Å². The summed E-state index contributed by atoms with van der Waals surface area (Å²) in [5.41, 5.74) is 3.28. The first-order valence-corrected chi connectivity index (χ1v) is 4.39. The molecule has 0 N–H and O–H groups in total. The molecule has 3 aliphatic rings. The predicted octanol–water partition coefficient (Wildman–Crippen LogP) is 1.97. The molecule has 2 heteroatoms. The lowest BCUT2D eigenvalue weighted by atomic mass is 10.1. The largest absolute Gasteiger partial charge is 0.253 e. The van der Waals surface area contributed by atoms with E-state index >= 15 is 0 Å². The third-order valence-corrected chi connectivity index (χ3v) is 3.76. The van der Waals surface area contributed by atoms with Gasteiger partial charge in [0.2, 0.25) is 0 Å². The van der Waals surface area contributed by atoms with E-state index in [9.17, 15) is 0 Å². The Hall–Kier alpha value is -0.500. The normalized spacial score (nSPS) is 46.4. The Balaban J connectivity index is 2.18. The van der Waals surface area contributed by atoms with Crippen LogP contribution in [0.4, 0.5) is 0 Å². The summed E-state index contributed by atoms with van der Waals surface area (Å²) in [6.07, 6.45) is 7.87. The van der Waals surface area contributed by atoms with E-state index < -0.39 is 0 Å². The molecular formula is C8H7NS. The first-order chi connectivity index (χ1) is 4.92. The minimum atomic E-state index is 0.425. The number of thioether (sulfide) groups is 1. The Labute approximate surface area is 63.9 Å². The molecule has 0 aromatic rings. The summed E-state index contributed by atoms with van der Waals surface area (Å²) >= 11 is 1.89. The summed E-state index contributed by atoms with van der Waals surface area (Å²) in [5, 5.41) is 0. The lowest BCUT2D eigenvalue weighted by molar-refractivity contribution is 0.959. The second kappa shape index (κ2) is 1.40. The van der Waals surface area contributed by atoms with E-state index in [2.05, 4.69) is 23.2 Å². The minimum absolute atomic E-state index is 0.425. The molecule has 1 spiro atoms. The third-order valence-electron chi connectivity index (χ3n) is 2.45. The molecule has 1 aliphatic heterocycles. The molecule has 1 nitrogen and oxygen atoms in total. The standard InChI is InChI=1S/C8H7NS/c1-2-6-4-8(6)7(3-1)9-5-10-8/h1-3,5-6H,4H2. The van der Waals surface area contributed by atoms with Gasteiger partial charge in [-0.2, -0.15) is 0 Å². The van der Waals surface area contributed by atoms with Crippen molar-refractivity contribution in [2.45, 2.75) is 11.2 Å². The summed E-state index contributed by atoms with van der Waals surface area (Å²) in [7, 11) is 0. The van der Waals surface area contributed by atoms with Crippen LogP contribution < -0.4 is 0 Å². The van der Waals surface area contributed by atoms with Gasteiger partial charge in [0, 0.05) is 0 Å². The number of rotatable bonds is 0. The van der Waals surface area contributed by atoms with Crippen molar-refractivity contribution in [2.75, 3.05) is 0 Å². The zero-order valence-electron chi connectivity index (χ0n) is 5.45. The minimum Gasteiger partial charge on any atom is -0.253 e. The molecule has 1 saturated carbocycles. The topological polar surface area (TPSA) is 12.4 Å². The number of nitrogens with zero attached hydrogens (tertiary/aromatic N) is 1. The van der Waals surface area contributed by atoms with Gasteiger partial charge in [-0.15, -0.1) is 11.8 Å². The van der Waals surface area contributed by atoms with Gasteiger partial charge in [-0.05, 0) is 18.4 Å². The van der Waals surface area contributed by atoms with E-state index in [1.54, 1.807) is 0 Å². The summed E-state index contributed by atoms with van der Waals surface area (Å²) in [6.45, 7) is 0. The fourth-order valence-corrected chi connectivity index (χ4v) is 2.86. The summed E-state index contributed by atoms with van der Waals surface area (Å²) in [4.78, 5) is 4.32. The zero-order valence-corrected chi connectivity index (χ0v) is 6.27. The van der Waals surface area contributed by atoms with Crippen LogP contribution in [0.2, 0.25) is 0 Å². The fraction of sp³-hybridized carbons (Fsp3) is 0.375. The van der Waals surface area contributed by atoms with Crippen molar-refractivity contribution in [1.29, 1.82) is 0 Å². The van der Waals surface area contributed by atoms with Gasteiger partial charge in [0.1, 0.15) is 0 Å². The molecule has 3 rings (SSSR count). The quantitative estimate of drug-likeness (QED) is 0.513. The molecular weight excluding hydrogens is 142 g/mol. The smallest absolute Gasteiger partial charge is 0.0705 e. The molecule has 0 aromatic carbocycles. The second-order valence-corrected chi connectivity index (χ2v) is 4.16. The van der Waals surface area contributed by atoms with Gasteiger partial charge in [-0.25, -0.2) is 0 Å². The first kappa shape index (κ1) is 5.19. The SMILES string of the molecule is C1=CC2CC23SC=NC3=C1. The summed E-state index contributed by atoms with van der Waals surface area (Å²) in [5.74, 6) is 0.792. The Morgan fingerprint density at radius 3 is 3.60 bits per heavy atom. The van der Waals surface area contributed by atoms with Gasteiger partial charge < -0.3 is 0 Å². The lowest BCUT2D eigenvalue weighted by Crippen LogP contribution is -2.05. The van der Waals surface area contributed by atoms with Crippen LogP contribution in [0, 0.1) is 5.92 Å². The van der Waals surface area contributed by atoms with Crippen LogP contribution in [0.25, 0.3) is 0 Å². The predicted molar refractivity (Wildman–Crippen MR) is 44.1 cm³/mol. The van der Waals surface area contributed by atoms with Crippen LogP contribution in [0.15, 0.2) is 28.9 Å². The Bertz CT molecular complexity index is 277. The monoisotopic (exact) mass is 149 g/mol. The van der Waals surface area contributed by atoms with Gasteiger partial charge >= 0.3 is 0 Å². The van der Waals surface area contributed by atoms with Crippen molar-refractivity contribution >= 4 is 17.3 Å². The molecule has 1 fully saturated rings. The van der Waals surface area contributed by atoms with Gasteiger partial charge in [0.15, 0.2) is 0 Å². The Morgan fingerprint density at radius 1 is 1.70 bits per heavy atom. The van der Waals surface area contributed by atoms with E-state index in [1.165, 1.54) is 12.1 Å². The van der Waals surface area contributed by atoms with Gasteiger partial charge in [0.05, 0.1) is 16.0 Å². The fourth-order valence-electron chi connectivity index (χ4n) is 1.73. The average molecular weight is 149 g/mol. The van der Waals surface area contributed by atoms with E-state index in [0.717, 1.165) is 5.92 Å². The van der Waals surface area contributed by atoms with Crippen LogP contribution in [0.1, 0.15) is 6.42 Å². The van der Waals surface area contributed by atoms with Gasteiger partial charge in [-0.1, -0.05) is 12.2 Å². The Kier molecular flexibility index (Phi) is 0.725. The molecule has 2 aliphatic carbocycles. The molecule has 0 aromatic heterocycles. The van der Waals surface area contributed by atoms with Gasteiger partial charge in [0.25, 0.3) is 0 Å². The molecule has 0 bridgehead atoms. The highest BCUT2D eigenvalue weighted by molar-refractivity contribution is 8.14. The third kappa shape index (κ3) is 0.419. The van der Waals surface area contributed by atoms with E-state index in [0.29, 0.717) is 4.75 Å². The van der Waals surface area contributed by atoms with Crippen molar-refractivity contribution in [2.24, 2.45) is 10.9 Å². The average Bonchev–Trinajstić information content (AvgIpc) is 2.51. The first-order valence-electron chi connectivity index (χ1n) is 3.51. The maximum absolute atomic E-state index is 4.32. The molecule has 2 atom stereocenters. The van der Waals surface area contributed by atoms with Crippen LogP contribution in [-0.4, -0.2) is 10.3 Å². The summed E-state index contributed by atoms with van der Waals surface area (Å²) in [6, 6.07) is 0. The maximum Gasteiger partial charge on any atom is 0.0705 e. The molecule has 0 amide bonds. The zero-order chi connectivity index (χ0) is 6.60. The van der Waals surface area contributed by atoms with Crippen molar-refractivity contribution in [3.05, 3.63) is 23.9 Å². The van der Waals surface area contributed by atoms with E-state index in [4.69, 9.17) is 0 Å². The number of aliphatic imine (C=N–C) groups is 1. The highest BCUT2D eigenvalue weighted by Crippen LogP contribution is 2.63. The molecule has 1 heterocycles. The van der Waals surface area contributed by atoms with Crippen molar-refractivity contribution in [1.82, 2.24) is 0 Å². The highest BCUT2D eigenvalue weighted by atomic mass is 32.2. The van der Waals surface area contributed by atoms with Crippen LogP contribution in [0.5, 0.6) is 0 Å². The number of allylic oxidation sites excluding steroid dienone is 3. The number of hydrogen-bond acceptors (Lipinski definition) is 2. The van der Waals surface area contributed by atoms with Crippen molar-refractivity contribution < 1.29 is 0 Å². The molecule has 2 unspecified atom stereocenters. The van der Waals surface area contributed by atoms with Crippen molar-refractivity contribution in [3.8, 4) is 0 Å². The summed E-state index contributed by atoms with van der Waals surface area (Å²) < 4.78 is 0.425. The van der Waals surface area contributed by atoms with Gasteiger partial charge in [-0.3, -0.25) is 4.99 Å². The number of hydrogen-bond donors (Lipinski definition) is 0. The molecule has 10 heavy (non-hydrogen) atoms. The van der Waals surface area contributed by atoms with Crippen molar-refractivity contribution in [3.63, 3.8) is 0 Å². The lowest BCUT2D eigenvalue weighted by Gasteiger charge is -2.08. The second-order valence-electron chi connectivity index (χ2n) is 2.99. The molecule has 50 valence electrons. The maximum atomic E-state index is 4.32. The molecule has 0 radical (unpaired) electrons.